The van der Waals surface area contributed by atoms with Gasteiger partial charge in [-0.05, 0) is 0 Å². The van der Waals surface area contributed by atoms with Gasteiger partial charge < -0.3 is 0 Å². The second-order valence-electron chi connectivity index (χ2n) is 8.47. The van der Waals surface area contributed by atoms with Crippen molar-refractivity contribution in [3.05, 3.63) is 28.2 Å². The SMILES string of the molecule is CC(C)C1NC(=O)[C@]2(C)CSC(=N2)c2csc(n2)CNC(=O)C[C@@H](/C=C/C[CH2][SrH])OC1=O. The summed E-state index contributed by atoms with van der Waals surface area (Å²) in [4.78, 5) is 47.9. The number of amides is 2. The zero-order valence-corrected chi connectivity index (χ0v) is 25.4. The molecule has 1 aromatic heterocycles. The number of esters is 1. The second kappa shape index (κ2) is 11.6. The third-order valence-electron chi connectivity index (χ3n) is 5.20. The van der Waals surface area contributed by atoms with Gasteiger partial charge in [0, 0.05) is 0 Å². The molecule has 2 amide bonds. The molecule has 0 saturated carbocycles. The number of carbonyl (C=O) groups is 3. The summed E-state index contributed by atoms with van der Waals surface area (Å²) in [7, 11) is 0. The molecule has 8 nitrogen and oxygen atoms in total. The van der Waals surface area contributed by atoms with E-state index in [1.165, 1.54) is 23.1 Å². The zero-order valence-electron chi connectivity index (χ0n) is 18.8. The van der Waals surface area contributed by atoms with Gasteiger partial charge in [0.1, 0.15) is 5.04 Å². The van der Waals surface area contributed by atoms with E-state index in [-0.39, 0.29) is 24.2 Å². The van der Waals surface area contributed by atoms with Gasteiger partial charge in [0.2, 0.25) is 0 Å². The molecular weight excluding hydrogens is 524 g/mol. The molecule has 3 heterocycles. The number of thioether (sulfide) groups is 1. The molecule has 170 valence electrons. The molecule has 1 aromatic rings. The molecule has 0 spiro atoms. The van der Waals surface area contributed by atoms with Gasteiger partial charge in [-0.1, -0.05) is 0 Å². The van der Waals surface area contributed by atoms with Crippen LogP contribution in [0, 0.1) is 5.92 Å². The summed E-state index contributed by atoms with van der Waals surface area (Å²) in [6.07, 6.45) is 3.98. The van der Waals surface area contributed by atoms with Crippen LogP contribution in [0.1, 0.15) is 44.3 Å². The maximum absolute atomic E-state index is 13.1. The first kappa shape index (κ1) is 25.9. The number of hydrogen-bond donors (Lipinski definition) is 2. The average Bonchev–Trinajstić information content (AvgIpc) is 3.37. The van der Waals surface area contributed by atoms with Gasteiger partial charge in [0.15, 0.2) is 0 Å². The van der Waals surface area contributed by atoms with Crippen LogP contribution < -0.4 is 10.6 Å². The van der Waals surface area contributed by atoms with E-state index in [0.29, 0.717) is 66.3 Å². The van der Waals surface area contributed by atoms with E-state index < -0.39 is 23.7 Å². The van der Waals surface area contributed by atoms with Crippen molar-refractivity contribution in [1.29, 1.82) is 0 Å². The van der Waals surface area contributed by atoms with Crippen LogP contribution in [-0.4, -0.2) is 94.5 Å². The molecule has 0 aliphatic carbocycles. The molecule has 2 N–H and O–H groups in total. The van der Waals surface area contributed by atoms with Crippen molar-refractivity contribution in [2.45, 2.75) is 59.2 Å². The fraction of sp³-hybridized carbons (Fsp3) is 0.571. The van der Waals surface area contributed by atoms with Crippen LogP contribution in [0.5, 0.6) is 0 Å². The van der Waals surface area contributed by atoms with Crippen LogP contribution in [-0.2, 0) is 25.7 Å². The van der Waals surface area contributed by atoms with Crippen LogP contribution in [0.25, 0.3) is 0 Å². The molecule has 0 aromatic carbocycles. The molecule has 4 bridgehead atoms. The Kier molecular flexibility index (Phi) is 9.40. The number of fused-ring (bicyclic) bond motifs is 4. The molecule has 3 atom stereocenters. The van der Waals surface area contributed by atoms with Gasteiger partial charge in [-0.15, -0.1) is 11.8 Å². The summed E-state index contributed by atoms with van der Waals surface area (Å²) in [5.74, 6) is -0.806. The van der Waals surface area contributed by atoms with Gasteiger partial charge in [-0.25, -0.2) is 0 Å². The van der Waals surface area contributed by atoms with E-state index in [1.807, 2.05) is 25.3 Å². The average molecular weight is 552 g/mol. The minimum absolute atomic E-state index is 0.0203. The Morgan fingerprint density at radius 1 is 1.38 bits per heavy atom. The summed E-state index contributed by atoms with van der Waals surface area (Å²) in [6.45, 7) is 5.76. The summed E-state index contributed by atoms with van der Waals surface area (Å²) >= 11 is 3.49. The maximum atomic E-state index is 13.1. The van der Waals surface area contributed by atoms with Crippen molar-refractivity contribution in [2.24, 2.45) is 10.9 Å². The molecular formula is C21H28N4O4S2Sr. The van der Waals surface area contributed by atoms with Crippen LogP contribution in [0.15, 0.2) is 22.5 Å². The molecule has 2 aliphatic rings. The zero-order chi connectivity index (χ0) is 23.3. The number of aromatic nitrogens is 1. The van der Waals surface area contributed by atoms with Crippen molar-refractivity contribution >= 4 is 89.2 Å². The number of rotatable bonds is 4. The Hall–Kier alpha value is -0.719. The van der Waals surface area contributed by atoms with Crippen molar-refractivity contribution < 1.29 is 19.1 Å². The molecule has 3 rings (SSSR count). The number of cyclic esters (lactones) is 1. The Morgan fingerprint density at radius 2 is 2.16 bits per heavy atom. The van der Waals surface area contributed by atoms with Crippen LogP contribution in [0.3, 0.4) is 0 Å². The van der Waals surface area contributed by atoms with Crippen molar-refractivity contribution in [3.8, 4) is 0 Å². The van der Waals surface area contributed by atoms with Crippen molar-refractivity contribution in [2.75, 3.05) is 5.75 Å². The quantitative estimate of drug-likeness (QED) is 0.335. The topological polar surface area (TPSA) is 110 Å². The summed E-state index contributed by atoms with van der Waals surface area (Å²) in [5.41, 5.74) is -0.284. The number of ether oxygens (including phenoxy) is 1. The first-order valence-corrected chi connectivity index (χ1v) is 16.2. The number of thiazole rings is 1. The standard InChI is InChI=1S/C21H27N4O4S2.Sr.H/c1-5-6-7-13-8-15(26)22-9-16-23-14(10-30-16)18-25-21(4,11-31-18)20(28)24-17(12(2)3)19(27)29-13;;/h6-7,10,12-13,17H,1,5,8-9,11H2,2-4H3,(H,22,26)(H,24,28);;/b7-6+;;/t13-,17?,21+;;/m1../s1. The summed E-state index contributed by atoms with van der Waals surface area (Å²) in [5, 5.41) is 9.05. The predicted octanol–water partition coefficient (Wildman–Crippen LogP) is 1.73. The molecule has 1 unspecified atom stereocenters. The number of hydrogen-bond acceptors (Lipinski definition) is 8. The minimum atomic E-state index is -0.991. The van der Waals surface area contributed by atoms with Crippen LogP contribution >= 0.6 is 23.1 Å². The number of allylic oxidation sites excluding steroid dienone is 1. The van der Waals surface area contributed by atoms with Crippen molar-refractivity contribution in [1.82, 2.24) is 15.6 Å². The third-order valence-corrected chi connectivity index (χ3v) is 8.75. The fourth-order valence-electron chi connectivity index (χ4n) is 3.25. The summed E-state index contributed by atoms with van der Waals surface area (Å²) < 4.78 is 6.85. The number of nitrogens with zero attached hydrogens (tertiary/aromatic N) is 2. The van der Waals surface area contributed by atoms with Gasteiger partial charge in [0.05, 0.1) is 0 Å². The van der Waals surface area contributed by atoms with Crippen LogP contribution in [0.2, 0.25) is 1.39 Å². The fourth-order valence-corrected chi connectivity index (χ4v) is 5.99. The molecule has 0 radical (unpaired) electrons. The normalized spacial score (nSPS) is 27.2. The van der Waals surface area contributed by atoms with Gasteiger partial charge in [-0.2, -0.15) is 0 Å². The Bertz CT molecular complexity index is 933. The van der Waals surface area contributed by atoms with E-state index in [1.54, 1.807) is 13.0 Å². The van der Waals surface area contributed by atoms with E-state index in [9.17, 15) is 14.4 Å². The van der Waals surface area contributed by atoms with E-state index in [0.717, 1.165) is 12.8 Å². The molecule has 32 heavy (non-hydrogen) atoms. The first-order valence-electron chi connectivity index (χ1n) is 10.8. The Labute approximate surface area is 226 Å². The van der Waals surface area contributed by atoms with Gasteiger partial charge in [-0.3, -0.25) is 0 Å². The number of carbonyl (C=O) groups excluding carboxylic acids is 3. The Morgan fingerprint density at radius 3 is 2.88 bits per heavy atom. The van der Waals surface area contributed by atoms with E-state index in [4.69, 9.17) is 4.74 Å². The molecule has 2 aliphatic heterocycles. The third kappa shape index (κ3) is 6.66. The summed E-state index contributed by atoms with van der Waals surface area (Å²) in [6, 6.07) is -0.830. The van der Waals surface area contributed by atoms with Crippen LogP contribution in [0.4, 0.5) is 0 Å². The molecule has 0 saturated heterocycles. The monoisotopic (exact) mass is 552 g/mol. The second-order valence-corrected chi connectivity index (χ2v) is 12.8. The van der Waals surface area contributed by atoms with Gasteiger partial charge in [0.25, 0.3) is 0 Å². The van der Waals surface area contributed by atoms with Crippen molar-refractivity contribution in [3.63, 3.8) is 0 Å². The van der Waals surface area contributed by atoms with E-state index in [2.05, 4.69) is 20.6 Å². The molecule has 11 heteroatoms. The first-order chi connectivity index (χ1) is 15.2. The predicted molar refractivity (Wildman–Crippen MR) is 128 cm³/mol. The molecule has 0 fully saturated rings. The Balaban J connectivity index is 1.92. The van der Waals surface area contributed by atoms with Gasteiger partial charge >= 0.3 is 211 Å². The van der Waals surface area contributed by atoms with E-state index >= 15 is 0 Å². The number of aliphatic imine (C=N–C) groups is 1. The number of nitrogens with one attached hydrogen (secondary N) is 2.